The first kappa shape index (κ1) is 19.6. The van der Waals surface area contributed by atoms with Gasteiger partial charge in [0.05, 0.1) is 4.90 Å². The van der Waals surface area contributed by atoms with Gasteiger partial charge in [-0.2, -0.15) is 0 Å². The summed E-state index contributed by atoms with van der Waals surface area (Å²) in [5, 5.41) is 0. The Labute approximate surface area is 170 Å². The van der Waals surface area contributed by atoms with Crippen LogP contribution in [0, 0.1) is 5.92 Å². The Morgan fingerprint density at radius 1 is 1.07 bits per heavy atom. The minimum atomic E-state index is -3.79. The van der Waals surface area contributed by atoms with Gasteiger partial charge < -0.3 is 14.4 Å². The molecule has 0 aliphatic carbocycles. The molecule has 0 aromatic heterocycles. The van der Waals surface area contributed by atoms with Crippen molar-refractivity contribution in [3.05, 3.63) is 48.0 Å². The standard InChI is InChI=1S/C21H24N2O5S/c1-15-3-2-10-23(14-15)21(24)16-4-6-17(7-5-16)22-29(25,26)18-8-9-19-20(13-18)28-12-11-27-19/h4-9,13,15,22H,2-3,10-12,14H2,1H3. The molecule has 2 aliphatic heterocycles. The summed E-state index contributed by atoms with van der Waals surface area (Å²) < 4.78 is 38.8. The second-order valence-electron chi connectivity index (χ2n) is 7.49. The number of hydrogen-bond donors (Lipinski definition) is 1. The van der Waals surface area contributed by atoms with Crippen LogP contribution >= 0.6 is 0 Å². The van der Waals surface area contributed by atoms with Gasteiger partial charge in [0.15, 0.2) is 11.5 Å². The lowest BCUT2D eigenvalue weighted by molar-refractivity contribution is 0.0683. The van der Waals surface area contributed by atoms with Gasteiger partial charge in [-0.25, -0.2) is 8.42 Å². The topological polar surface area (TPSA) is 84.9 Å². The molecule has 0 bridgehead atoms. The van der Waals surface area contributed by atoms with Crippen LogP contribution in [0.2, 0.25) is 0 Å². The van der Waals surface area contributed by atoms with Gasteiger partial charge in [-0.3, -0.25) is 9.52 Å². The van der Waals surface area contributed by atoms with Gasteiger partial charge in [-0.1, -0.05) is 6.92 Å². The largest absolute Gasteiger partial charge is 0.486 e. The molecular formula is C21H24N2O5S. The Hall–Kier alpha value is -2.74. The second-order valence-corrected chi connectivity index (χ2v) is 9.17. The van der Waals surface area contributed by atoms with Crippen molar-refractivity contribution in [3.63, 3.8) is 0 Å². The first-order valence-electron chi connectivity index (χ1n) is 9.74. The van der Waals surface area contributed by atoms with Crippen LogP contribution < -0.4 is 14.2 Å². The van der Waals surface area contributed by atoms with E-state index >= 15 is 0 Å². The summed E-state index contributed by atoms with van der Waals surface area (Å²) in [5.74, 6) is 1.43. The van der Waals surface area contributed by atoms with E-state index < -0.39 is 10.0 Å². The van der Waals surface area contributed by atoms with Crippen molar-refractivity contribution in [2.24, 2.45) is 5.92 Å². The van der Waals surface area contributed by atoms with Crippen molar-refractivity contribution in [1.82, 2.24) is 4.90 Å². The number of anilines is 1. The number of benzene rings is 2. The number of likely N-dealkylation sites (tertiary alicyclic amines) is 1. The Bertz CT molecular complexity index is 1000. The number of nitrogens with zero attached hydrogens (tertiary/aromatic N) is 1. The molecule has 2 aromatic carbocycles. The fourth-order valence-corrected chi connectivity index (χ4v) is 4.72. The summed E-state index contributed by atoms with van der Waals surface area (Å²) in [6, 6.07) is 11.0. The third-order valence-corrected chi connectivity index (χ3v) is 6.53. The van der Waals surface area contributed by atoms with Gasteiger partial charge in [0.25, 0.3) is 15.9 Å². The van der Waals surface area contributed by atoms with Crippen LogP contribution in [0.4, 0.5) is 5.69 Å². The predicted octanol–water partition coefficient (Wildman–Crippen LogP) is 3.13. The first-order valence-corrected chi connectivity index (χ1v) is 11.2. The van der Waals surface area contributed by atoms with Crippen LogP contribution in [0.1, 0.15) is 30.1 Å². The molecule has 154 valence electrons. The third kappa shape index (κ3) is 4.32. The molecule has 1 N–H and O–H groups in total. The second kappa shape index (κ2) is 7.94. The highest BCUT2D eigenvalue weighted by atomic mass is 32.2. The summed E-state index contributed by atoms with van der Waals surface area (Å²) in [5.41, 5.74) is 0.949. The number of hydrogen-bond acceptors (Lipinski definition) is 5. The fraction of sp³-hybridized carbons (Fsp3) is 0.381. The minimum Gasteiger partial charge on any atom is -0.486 e. The van der Waals surface area contributed by atoms with Gasteiger partial charge in [-0.05, 0) is 55.2 Å². The van der Waals surface area contributed by atoms with Crippen molar-refractivity contribution in [1.29, 1.82) is 0 Å². The zero-order valence-electron chi connectivity index (χ0n) is 16.3. The third-order valence-electron chi connectivity index (χ3n) is 5.15. The molecule has 1 unspecified atom stereocenters. The van der Waals surface area contributed by atoms with Gasteiger partial charge in [-0.15, -0.1) is 0 Å². The van der Waals surface area contributed by atoms with Crippen LogP contribution in [-0.4, -0.2) is 45.5 Å². The number of ether oxygens (including phenoxy) is 2. The highest BCUT2D eigenvalue weighted by Gasteiger charge is 2.23. The number of fused-ring (bicyclic) bond motifs is 1. The normalized spacial score (nSPS) is 18.9. The Kier molecular flexibility index (Phi) is 5.36. The fourth-order valence-electron chi connectivity index (χ4n) is 3.64. The smallest absolute Gasteiger partial charge is 0.262 e. The van der Waals surface area contributed by atoms with E-state index in [0.717, 1.165) is 25.9 Å². The molecule has 1 atom stereocenters. The van der Waals surface area contributed by atoms with E-state index in [1.807, 2.05) is 4.90 Å². The van der Waals surface area contributed by atoms with Crippen molar-refractivity contribution >= 4 is 21.6 Å². The summed E-state index contributed by atoms with van der Waals surface area (Å²) in [6.45, 7) is 4.50. The molecule has 2 aromatic rings. The van der Waals surface area contributed by atoms with E-state index in [9.17, 15) is 13.2 Å². The predicted molar refractivity (Wildman–Crippen MR) is 109 cm³/mol. The molecule has 2 heterocycles. The Morgan fingerprint density at radius 3 is 2.52 bits per heavy atom. The van der Waals surface area contributed by atoms with Crippen molar-refractivity contribution in [2.45, 2.75) is 24.7 Å². The van der Waals surface area contributed by atoms with Gasteiger partial charge in [0.2, 0.25) is 0 Å². The van der Waals surface area contributed by atoms with E-state index in [0.29, 0.717) is 41.9 Å². The molecule has 2 aliphatic rings. The molecular weight excluding hydrogens is 392 g/mol. The number of amides is 1. The van der Waals surface area contributed by atoms with E-state index in [-0.39, 0.29) is 10.8 Å². The molecule has 0 radical (unpaired) electrons. The van der Waals surface area contributed by atoms with Gasteiger partial charge in [0, 0.05) is 30.4 Å². The van der Waals surface area contributed by atoms with Gasteiger partial charge in [0.1, 0.15) is 13.2 Å². The van der Waals surface area contributed by atoms with E-state index in [1.54, 1.807) is 30.3 Å². The van der Waals surface area contributed by atoms with Crippen LogP contribution in [0.5, 0.6) is 11.5 Å². The van der Waals surface area contributed by atoms with Crippen LogP contribution in [0.25, 0.3) is 0 Å². The van der Waals surface area contributed by atoms with E-state index in [2.05, 4.69) is 11.6 Å². The van der Waals surface area contributed by atoms with Crippen molar-refractivity contribution in [3.8, 4) is 11.5 Å². The number of rotatable bonds is 4. The van der Waals surface area contributed by atoms with Crippen molar-refractivity contribution in [2.75, 3.05) is 31.0 Å². The number of sulfonamides is 1. The van der Waals surface area contributed by atoms with E-state index in [4.69, 9.17) is 9.47 Å². The molecule has 7 nitrogen and oxygen atoms in total. The molecule has 0 saturated carbocycles. The van der Waals surface area contributed by atoms with Crippen LogP contribution in [0.3, 0.4) is 0 Å². The molecule has 8 heteroatoms. The summed E-state index contributed by atoms with van der Waals surface area (Å²) >= 11 is 0. The zero-order chi connectivity index (χ0) is 20.4. The highest BCUT2D eigenvalue weighted by Crippen LogP contribution is 2.32. The minimum absolute atomic E-state index is 0.0159. The lowest BCUT2D eigenvalue weighted by atomic mass is 9.99. The lowest BCUT2D eigenvalue weighted by Crippen LogP contribution is -2.39. The number of carbonyl (C=O) groups is 1. The average molecular weight is 416 g/mol. The number of piperidine rings is 1. The molecule has 29 heavy (non-hydrogen) atoms. The van der Waals surface area contributed by atoms with Crippen molar-refractivity contribution < 1.29 is 22.7 Å². The summed E-state index contributed by atoms with van der Waals surface area (Å²) in [6.07, 6.45) is 2.16. The SMILES string of the molecule is CC1CCCN(C(=O)c2ccc(NS(=O)(=O)c3ccc4c(c3)OCCO4)cc2)C1. The summed E-state index contributed by atoms with van der Waals surface area (Å²) in [4.78, 5) is 14.6. The zero-order valence-corrected chi connectivity index (χ0v) is 17.1. The summed E-state index contributed by atoms with van der Waals surface area (Å²) in [7, 11) is -3.79. The lowest BCUT2D eigenvalue weighted by Gasteiger charge is -2.31. The van der Waals surface area contributed by atoms with Gasteiger partial charge >= 0.3 is 0 Å². The maximum Gasteiger partial charge on any atom is 0.262 e. The Morgan fingerprint density at radius 2 is 1.79 bits per heavy atom. The van der Waals surface area contributed by atoms with E-state index in [1.165, 1.54) is 12.1 Å². The molecule has 1 amide bonds. The average Bonchev–Trinajstić information content (AvgIpc) is 2.73. The molecule has 1 fully saturated rings. The maximum absolute atomic E-state index is 12.7. The number of carbonyl (C=O) groups excluding carboxylic acids is 1. The first-order chi connectivity index (χ1) is 13.9. The molecule has 1 saturated heterocycles. The quantitative estimate of drug-likeness (QED) is 0.828. The number of nitrogens with one attached hydrogen (secondary N) is 1. The maximum atomic E-state index is 12.7. The Balaban J connectivity index is 1.47. The monoisotopic (exact) mass is 416 g/mol. The van der Waals surface area contributed by atoms with Crippen LogP contribution in [0.15, 0.2) is 47.4 Å². The highest BCUT2D eigenvalue weighted by molar-refractivity contribution is 7.92. The molecule has 4 rings (SSSR count). The van der Waals surface area contributed by atoms with Crippen LogP contribution in [-0.2, 0) is 10.0 Å². The molecule has 0 spiro atoms.